The Hall–Kier alpha value is -0.120. The highest BCUT2D eigenvalue weighted by atomic mass is 16.5. The van der Waals surface area contributed by atoms with Crippen molar-refractivity contribution in [3.05, 3.63) is 0 Å². The van der Waals surface area contributed by atoms with Gasteiger partial charge in [-0.15, -0.1) is 0 Å². The molecule has 3 heteroatoms. The molecule has 0 bridgehead atoms. The molecule has 0 saturated carbocycles. The summed E-state index contributed by atoms with van der Waals surface area (Å²) < 4.78 is 10.8. The molecule has 2 N–H and O–H groups in total. The van der Waals surface area contributed by atoms with Gasteiger partial charge in [0.25, 0.3) is 0 Å². The predicted molar refractivity (Wildman–Crippen MR) is 36.6 cm³/mol. The normalized spacial score (nSPS) is 47.1. The highest BCUT2D eigenvalue weighted by Gasteiger charge is 2.36. The first-order chi connectivity index (χ1) is 4.88. The van der Waals surface area contributed by atoms with E-state index in [1.165, 1.54) is 0 Å². The van der Waals surface area contributed by atoms with Crippen LogP contribution in [0, 0.1) is 5.92 Å². The van der Waals surface area contributed by atoms with Crippen molar-refractivity contribution in [1.29, 1.82) is 0 Å². The Kier molecular flexibility index (Phi) is 1.64. The molecule has 3 atom stereocenters. The Bertz CT molecular complexity index is 127. The summed E-state index contributed by atoms with van der Waals surface area (Å²) in [5.41, 5.74) is 5.78. The van der Waals surface area contributed by atoms with Crippen LogP contribution in [-0.2, 0) is 9.47 Å². The number of rotatable bonds is 0. The zero-order chi connectivity index (χ0) is 6.97. The maximum absolute atomic E-state index is 5.78. The van der Waals surface area contributed by atoms with Crippen LogP contribution in [0.2, 0.25) is 0 Å². The lowest BCUT2D eigenvalue weighted by Gasteiger charge is -2.25. The van der Waals surface area contributed by atoms with Gasteiger partial charge in [-0.25, -0.2) is 0 Å². The van der Waals surface area contributed by atoms with Crippen molar-refractivity contribution in [2.75, 3.05) is 19.8 Å². The molecular formula is C7H13NO2. The van der Waals surface area contributed by atoms with Gasteiger partial charge < -0.3 is 15.2 Å². The number of hydrogen-bond donors (Lipinski definition) is 1. The minimum absolute atomic E-state index is 0.213. The molecule has 10 heavy (non-hydrogen) atoms. The van der Waals surface area contributed by atoms with Gasteiger partial charge in [0.05, 0.1) is 19.3 Å². The van der Waals surface area contributed by atoms with Crippen LogP contribution >= 0.6 is 0 Å². The van der Waals surface area contributed by atoms with E-state index in [2.05, 4.69) is 0 Å². The van der Waals surface area contributed by atoms with E-state index in [-0.39, 0.29) is 6.04 Å². The number of nitrogens with two attached hydrogens (primary N) is 1. The molecular weight excluding hydrogens is 130 g/mol. The zero-order valence-corrected chi connectivity index (χ0v) is 5.95. The maximum Gasteiger partial charge on any atom is 0.0663 e. The molecule has 58 valence electrons. The van der Waals surface area contributed by atoms with E-state index >= 15 is 0 Å². The molecule has 2 rings (SSSR count). The van der Waals surface area contributed by atoms with E-state index in [1.807, 2.05) is 0 Å². The molecule has 2 aliphatic heterocycles. The molecule has 2 fully saturated rings. The van der Waals surface area contributed by atoms with Gasteiger partial charge in [-0.1, -0.05) is 0 Å². The molecule has 3 nitrogen and oxygen atoms in total. The summed E-state index contributed by atoms with van der Waals surface area (Å²) in [4.78, 5) is 0. The Labute approximate surface area is 60.5 Å². The summed E-state index contributed by atoms with van der Waals surface area (Å²) in [5, 5.41) is 0. The Morgan fingerprint density at radius 1 is 1.30 bits per heavy atom. The average Bonchev–Trinajstić information content (AvgIpc) is 2.34. The third-order valence-corrected chi connectivity index (χ3v) is 2.39. The molecule has 2 heterocycles. The van der Waals surface area contributed by atoms with Crippen LogP contribution in [0.3, 0.4) is 0 Å². The van der Waals surface area contributed by atoms with Crippen LogP contribution in [0.15, 0.2) is 0 Å². The minimum Gasteiger partial charge on any atom is -0.381 e. The van der Waals surface area contributed by atoms with Crippen LogP contribution in [-0.4, -0.2) is 32.0 Å². The highest BCUT2D eigenvalue weighted by Crippen LogP contribution is 2.26. The van der Waals surface area contributed by atoms with E-state index in [1.54, 1.807) is 0 Å². The molecule has 0 amide bonds. The van der Waals surface area contributed by atoms with Crippen molar-refractivity contribution in [2.45, 2.75) is 18.6 Å². The molecule has 0 aliphatic carbocycles. The fourth-order valence-corrected chi connectivity index (χ4v) is 1.70. The van der Waals surface area contributed by atoms with Gasteiger partial charge in [0.15, 0.2) is 0 Å². The number of fused-ring (bicyclic) bond motifs is 1. The summed E-state index contributed by atoms with van der Waals surface area (Å²) in [7, 11) is 0. The van der Waals surface area contributed by atoms with Crippen molar-refractivity contribution >= 4 is 0 Å². The molecule has 0 aromatic heterocycles. The summed E-state index contributed by atoms with van der Waals surface area (Å²) in [5.74, 6) is 0.466. The molecule has 3 unspecified atom stereocenters. The van der Waals surface area contributed by atoms with E-state index < -0.39 is 0 Å². The summed E-state index contributed by atoms with van der Waals surface area (Å²) >= 11 is 0. The fraction of sp³-hybridized carbons (Fsp3) is 1.00. The molecule has 0 radical (unpaired) electrons. The van der Waals surface area contributed by atoms with Crippen LogP contribution in [0.25, 0.3) is 0 Å². The molecule has 0 spiro atoms. The second-order valence-corrected chi connectivity index (χ2v) is 3.06. The lowest BCUT2D eigenvalue weighted by Crippen LogP contribution is -2.38. The first-order valence-corrected chi connectivity index (χ1v) is 3.83. The molecule has 2 saturated heterocycles. The standard InChI is InChI=1S/C7H13NO2/c8-6-4-10-7-1-2-9-3-5(6)7/h5-7H,1-4,8H2. The van der Waals surface area contributed by atoms with Gasteiger partial charge in [0.1, 0.15) is 0 Å². The van der Waals surface area contributed by atoms with Gasteiger partial charge >= 0.3 is 0 Å². The average molecular weight is 143 g/mol. The molecule has 0 aromatic rings. The number of hydrogen-bond acceptors (Lipinski definition) is 3. The quantitative estimate of drug-likeness (QED) is 0.508. The Morgan fingerprint density at radius 3 is 3.00 bits per heavy atom. The zero-order valence-electron chi connectivity index (χ0n) is 5.95. The lowest BCUT2D eigenvalue weighted by atomic mass is 9.95. The lowest BCUT2D eigenvalue weighted by molar-refractivity contribution is -0.0207. The van der Waals surface area contributed by atoms with Crippen LogP contribution in [0.5, 0.6) is 0 Å². The topological polar surface area (TPSA) is 44.5 Å². The summed E-state index contributed by atoms with van der Waals surface area (Å²) in [6.45, 7) is 2.36. The Morgan fingerprint density at radius 2 is 2.20 bits per heavy atom. The second kappa shape index (κ2) is 2.49. The number of ether oxygens (including phenoxy) is 2. The first kappa shape index (κ1) is 6.58. The third kappa shape index (κ3) is 0.944. The van der Waals surface area contributed by atoms with Crippen LogP contribution in [0.4, 0.5) is 0 Å². The van der Waals surface area contributed by atoms with Crippen LogP contribution < -0.4 is 5.73 Å². The largest absolute Gasteiger partial charge is 0.381 e. The van der Waals surface area contributed by atoms with Gasteiger partial charge in [-0.2, -0.15) is 0 Å². The van der Waals surface area contributed by atoms with Crippen molar-refractivity contribution in [2.24, 2.45) is 11.7 Å². The summed E-state index contributed by atoms with van der Waals surface area (Å²) in [6, 6.07) is 0.213. The van der Waals surface area contributed by atoms with Crippen LogP contribution in [0.1, 0.15) is 6.42 Å². The van der Waals surface area contributed by atoms with Gasteiger partial charge in [-0.05, 0) is 6.42 Å². The first-order valence-electron chi connectivity index (χ1n) is 3.83. The van der Waals surface area contributed by atoms with Gasteiger partial charge in [-0.3, -0.25) is 0 Å². The minimum atomic E-state index is 0.213. The summed E-state index contributed by atoms with van der Waals surface area (Å²) in [6.07, 6.45) is 1.42. The smallest absolute Gasteiger partial charge is 0.0663 e. The van der Waals surface area contributed by atoms with E-state index in [0.29, 0.717) is 12.0 Å². The monoisotopic (exact) mass is 143 g/mol. The maximum atomic E-state index is 5.78. The van der Waals surface area contributed by atoms with Crippen molar-refractivity contribution < 1.29 is 9.47 Å². The highest BCUT2D eigenvalue weighted by molar-refractivity contribution is 4.88. The molecule has 2 aliphatic rings. The van der Waals surface area contributed by atoms with Crippen molar-refractivity contribution in [3.63, 3.8) is 0 Å². The fourth-order valence-electron chi connectivity index (χ4n) is 1.70. The molecule has 0 aromatic carbocycles. The SMILES string of the molecule is NC1COC2CCOCC12. The Balaban J connectivity index is 2.01. The predicted octanol–water partition coefficient (Wildman–Crippen LogP) is -0.251. The second-order valence-electron chi connectivity index (χ2n) is 3.06. The van der Waals surface area contributed by atoms with Gasteiger partial charge in [0, 0.05) is 18.6 Å². The van der Waals surface area contributed by atoms with Crippen molar-refractivity contribution in [1.82, 2.24) is 0 Å². The van der Waals surface area contributed by atoms with Crippen molar-refractivity contribution in [3.8, 4) is 0 Å². The van der Waals surface area contributed by atoms with E-state index in [9.17, 15) is 0 Å². The third-order valence-electron chi connectivity index (χ3n) is 2.39. The van der Waals surface area contributed by atoms with E-state index in [4.69, 9.17) is 15.2 Å². The van der Waals surface area contributed by atoms with Gasteiger partial charge in [0.2, 0.25) is 0 Å². The van der Waals surface area contributed by atoms with E-state index in [0.717, 1.165) is 26.2 Å².